The van der Waals surface area contributed by atoms with Gasteiger partial charge in [0, 0.05) is 0 Å². The van der Waals surface area contributed by atoms with Crippen LogP contribution in [0.5, 0.6) is 0 Å². The minimum atomic E-state index is 0.851. The van der Waals surface area contributed by atoms with E-state index in [1.807, 2.05) is 0 Å². The van der Waals surface area contributed by atoms with Crippen molar-refractivity contribution in [2.45, 2.75) is 39.5 Å². The van der Waals surface area contributed by atoms with Crippen molar-refractivity contribution in [3.05, 3.63) is 35.4 Å². The fourth-order valence-corrected chi connectivity index (χ4v) is 2.46. The van der Waals surface area contributed by atoms with Crippen LogP contribution < -0.4 is 5.32 Å². The highest BCUT2D eigenvalue weighted by atomic mass is 14.9. The molecule has 1 aromatic carbocycles. The lowest BCUT2D eigenvalue weighted by atomic mass is 9.94. The molecule has 1 fully saturated rings. The van der Waals surface area contributed by atoms with Crippen LogP contribution in [0.2, 0.25) is 0 Å². The van der Waals surface area contributed by atoms with E-state index in [0.29, 0.717) is 0 Å². The molecule has 0 bridgehead atoms. The van der Waals surface area contributed by atoms with Gasteiger partial charge in [0.05, 0.1) is 0 Å². The zero-order valence-corrected chi connectivity index (χ0v) is 11.2. The Morgan fingerprint density at radius 1 is 1.24 bits per heavy atom. The number of rotatable bonds is 7. The summed E-state index contributed by atoms with van der Waals surface area (Å²) in [5.74, 6) is 1.84. The smallest absolute Gasteiger partial charge is 0.00147 e. The van der Waals surface area contributed by atoms with Crippen molar-refractivity contribution in [2.24, 2.45) is 11.8 Å². The lowest BCUT2D eigenvalue weighted by Crippen LogP contribution is -2.26. The highest BCUT2D eigenvalue weighted by molar-refractivity contribution is 5.22. The second kappa shape index (κ2) is 6.20. The van der Waals surface area contributed by atoms with Crippen molar-refractivity contribution in [1.29, 1.82) is 0 Å². The predicted octanol–water partition coefficient (Wildman–Crippen LogP) is 3.56. The van der Waals surface area contributed by atoms with Gasteiger partial charge in [-0.3, -0.25) is 0 Å². The van der Waals surface area contributed by atoms with Gasteiger partial charge in [-0.2, -0.15) is 0 Å². The van der Waals surface area contributed by atoms with E-state index in [-0.39, 0.29) is 0 Å². The minimum Gasteiger partial charge on any atom is -0.316 e. The monoisotopic (exact) mass is 231 g/mol. The molecule has 0 aromatic heterocycles. The summed E-state index contributed by atoms with van der Waals surface area (Å²) < 4.78 is 0. The van der Waals surface area contributed by atoms with Gasteiger partial charge in [0.15, 0.2) is 0 Å². The van der Waals surface area contributed by atoms with Crippen molar-refractivity contribution in [2.75, 3.05) is 13.1 Å². The molecule has 94 valence electrons. The van der Waals surface area contributed by atoms with Gasteiger partial charge in [-0.05, 0) is 63.1 Å². The zero-order chi connectivity index (χ0) is 12.1. The summed E-state index contributed by atoms with van der Waals surface area (Å²) in [6.45, 7) is 6.76. The molecule has 1 heteroatoms. The van der Waals surface area contributed by atoms with Crippen LogP contribution in [0.4, 0.5) is 0 Å². The average Bonchev–Trinajstić information content (AvgIpc) is 3.15. The molecule has 1 aliphatic carbocycles. The number of benzene rings is 1. The molecule has 0 heterocycles. The molecule has 1 aromatic rings. The van der Waals surface area contributed by atoms with Crippen LogP contribution in [0.3, 0.4) is 0 Å². The third-order valence-corrected chi connectivity index (χ3v) is 3.74. The van der Waals surface area contributed by atoms with E-state index in [2.05, 4.69) is 43.4 Å². The lowest BCUT2D eigenvalue weighted by Gasteiger charge is -2.17. The van der Waals surface area contributed by atoms with Gasteiger partial charge in [0.1, 0.15) is 0 Å². The number of nitrogens with one attached hydrogen (secondary N) is 1. The quantitative estimate of drug-likeness (QED) is 0.707. The summed E-state index contributed by atoms with van der Waals surface area (Å²) in [5, 5.41) is 3.59. The molecule has 17 heavy (non-hydrogen) atoms. The maximum atomic E-state index is 3.59. The summed E-state index contributed by atoms with van der Waals surface area (Å²) >= 11 is 0. The van der Waals surface area contributed by atoms with Crippen LogP contribution in [-0.4, -0.2) is 13.1 Å². The number of hydrogen-bond donors (Lipinski definition) is 1. The molecule has 1 saturated carbocycles. The van der Waals surface area contributed by atoms with Crippen LogP contribution in [0.1, 0.15) is 37.3 Å². The summed E-state index contributed by atoms with van der Waals surface area (Å²) in [5.41, 5.74) is 2.87. The highest BCUT2D eigenvalue weighted by Crippen LogP contribution is 2.38. The molecule has 1 N–H and O–H groups in total. The van der Waals surface area contributed by atoms with Crippen LogP contribution in [0.15, 0.2) is 24.3 Å². The van der Waals surface area contributed by atoms with Crippen LogP contribution in [0, 0.1) is 18.8 Å². The first kappa shape index (κ1) is 12.6. The van der Waals surface area contributed by atoms with Crippen molar-refractivity contribution in [1.82, 2.24) is 5.32 Å². The molecule has 0 aliphatic heterocycles. The second-order valence-electron chi connectivity index (χ2n) is 5.49. The first-order chi connectivity index (χ1) is 8.29. The minimum absolute atomic E-state index is 0.851. The standard InChI is InChI=1S/C16H25N/c1-3-10-17-12-16(15-8-9-15)11-14-6-4-13(2)5-7-14/h4-7,15-17H,3,8-12H2,1-2H3. The van der Waals surface area contributed by atoms with Crippen LogP contribution >= 0.6 is 0 Å². The molecule has 1 aliphatic rings. The van der Waals surface area contributed by atoms with E-state index in [1.54, 1.807) is 0 Å². The van der Waals surface area contributed by atoms with Crippen molar-refractivity contribution in [3.63, 3.8) is 0 Å². The Balaban J connectivity index is 1.86. The Morgan fingerprint density at radius 2 is 1.94 bits per heavy atom. The summed E-state index contributed by atoms with van der Waals surface area (Å²) in [4.78, 5) is 0. The van der Waals surface area contributed by atoms with E-state index in [0.717, 1.165) is 18.4 Å². The van der Waals surface area contributed by atoms with Gasteiger partial charge < -0.3 is 5.32 Å². The fourth-order valence-electron chi connectivity index (χ4n) is 2.46. The highest BCUT2D eigenvalue weighted by Gasteiger charge is 2.30. The molecule has 0 amide bonds. The van der Waals surface area contributed by atoms with E-state index >= 15 is 0 Å². The summed E-state index contributed by atoms with van der Waals surface area (Å²) in [6.07, 6.45) is 5.39. The second-order valence-corrected chi connectivity index (χ2v) is 5.49. The predicted molar refractivity (Wildman–Crippen MR) is 74.3 cm³/mol. The van der Waals surface area contributed by atoms with Gasteiger partial charge in [-0.15, -0.1) is 0 Å². The Kier molecular flexibility index (Phi) is 4.61. The normalized spacial score (nSPS) is 17.1. The van der Waals surface area contributed by atoms with Crippen molar-refractivity contribution >= 4 is 0 Å². The zero-order valence-electron chi connectivity index (χ0n) is 11.2. The van der Waals surface area contributed by atoms with Crippen LogP contribution in [0.25, 0.3) is 0 Å². The Labute approximate surface area is 106 Å². The third kappa shape index (κ3) is 4.16. The molecule has 1 atom stereocenters. The van der Waals surface area contributed by atoms with Crippen LogP contribution in [-0.2, 0) is 6.42 Å². The molecule has 0 saturated heterocycles. The Morgan fingerprint density at radius 3 is 2.53 bits per heavy atom. The van der Waals surface area contributed by atoms with E-state index < -0.39 is 0 Å². The maximum Gasteiger partial charge on any atom is -0.00147 e. The molecule has 0 radical (unpaired) electrons. The summed E-state index contributed by atoms with van der Waals surface area (Å²) in [6, 6.07) is 9.06. The first-order valence-corrected chi connectivity index (χ1v) is 7.06. The third-order valence-electron chi connectivity index (χ3n) is 3.74. The van der Waals surface area contributed by atoms with Gasteiger partial charge in [0.25, 0.3) is 0 Å². The van der Waals surface area contributed by atoms with Gasteiger partial charge in [-0.25, -0.2) is 0 Å². The molecule has 0 spiro atoms. The molecular weight excluding hydrogens is 206 g/mol. The number of aryl methyl sites for hydroxylation is 1. The molecule has 1 unspecified atom stereocenters. The van der Waals surface area contributed by atoms with E-state index in [4.69, 9.17) is 0 Å². The SMILES string of the molecule is CCCNCC(Cc1ccc(C)cc1)C1CC1. The van der Waals surface area contributed by atoms with E-state index in [1.165, 1.54) is 43.4 Å². The maximum absolute atomic E-state index is 3.59. The molecular formula is C16H25N. The first-order valence-electron chi connectivity index (χ1n) is 7.06. The molecule has 1 nitrogen and oxygen atoms in total. The number of hydrogen-bond acceptors (Lipinski definition) is 1. The molecule has 2 rings (SSSR count). The van der Waals surface area contributed by atoms with E-state index in [9.17, 15) is 0 Å². The van der Waals surface area contributed by atoms with Gasteiger partial charge in [0.2, 0.25) is 0 Å². The topological polar surface area (TPSA) is 12.0 Å². The Hall–Kier alpha value is -0.820. The van der Waals surface area contributed by atoms with Gasteiger partial charge in [-0.1, -0.05) is 36.8 Å². The van der Waals surface area contributed by atoms with Crippen molar-refractivity contribution < 1.29 is 0 Å². The Bertz CT molecular complexity index is 324. The average molecular weight is 231 g/mol. The lowest BCUT2D eigenvalue weighted by molar-refractivity contribution is 0.424. The summed E-state index contributed by atoms with van der Waals surface area (Å²) in [7, 11) is 0. The van der Waals surface area contributed by atoms with Crippen molar-refractivity contribution in [3.8, 4) is 0 Å². The van der Waals surface area contributed by atoms with Gasteiger partial charge >= 0.3 is 0 Å². The fraction of sp³-hybridized carbons (Fsp3) is 0.625. The largest absolute Gasteiger partial charge is 0.316 e.